The highest BCUT2D eigenvalue weighted by Crippen LogP contribution is 2.39. The van der Waals surface area contributed by atoms with Gasteiger partial charge in [-0.3, -0.25) is 4.57 Å². The van der Waals surface area contributed by atoms with Gasteiger partial charge in [0.2, 0.25) is 5.95 Å². The predicted molar refractivity (Wildman–Crippen MR) is 109 cm³/mol. The molecule has 1 aromatic heterocycles. The smallest absolute Gasteiger partial charge is 0.338 e. The normalized spacial score (nSPS) is 16.0. The molecule has 0 aliphatic carbocycles. The molecule has 0 amide bonds. The molecule has 0 fully saturated rings. The Morgan fingerprint density at radius 3 is 2.78 bits per heavy atom. The molecule has 6 heteroatoms. The fraction of sp³-hybridized carbons (Fsp3) is 0.143. The summed E-state index contributed by atoms with van der Waals surface area (Å²) in [5.41, 5.74) is 4.11. The summed E-state index contributed by atoms with van der Waals surface area (Å²) in [7, 11) is 0. The summed E-state index contributed by atoms with van der Waals surface area (Å²) in [5, 5.41) is 3.26. The van der Waals surface area contributed by atoms with Crippen LogP contribution in [0.15, 0.2) is 76.9 Å². The number of hydrogen-bond acceptors (Lipinski definition) is 4. The number of fused-ring (bicyclic) bond motifs is 3. The second-order valence-corrected chi connectivity index (χ2v) is 7.21. The van der Waals surface area contributed by atoms with Crippen molar-refractivity contribution in [1.29, 1.82) is 0 Å². The number of imidazole rings is 1. The van der Waals surface area contributed by atoms with E-state index in [0.717, 1.165) is 26.8 Å². The van der Waals surface area contributed by atoms with Gasteiger partial charge in [0.1, 0.15) is 6.61 Å². The van der Waals surface area contributed by atoms with Gasteiger partial charge in [-0.15, -0.1) is 0 Å². The van der Waals surface area contributed by atoms with Gasteiger partial charge in [-0.1, -0.05) is 52.9 Å². The number of nitrogens with zero attached hydrogens (tertiary/aromatic N) is 2. The minimum absolute atomic E-state index is 0.167. The van der Waals surface area contributed by atoms with Crippen molar-refractivity contribution in [2.75, 3.05) is 11.9 Å². The van der Waals surface area contributed by atoms with Crippen molar-refractivity contribution in [3.05, 3.63) is 82.5 Å². The zero-order chi connectivity index (χ0) is 19.0. The fourth-order valence-electron chi connectivity index (χ4n) is 3.40. The molecule has 4 rings (SSSR count). The Morgan fingerprint density at radius 1 is 1.30 bits per heavy atom. The number of carbonyl (C=O) groups excluding carboxylic acids is 1. The number of hydrogen-bond donors (Lipinski definition) is 1. The summed E-state index contributed by atoms with van der Waals surface area (Å²) < 4.78 is 8.41. The second kappa shape index (κ2) is 7.04. The number of benzene rings is 2. The van der Waals surface area contributed by atoms with Crippen LogP contribution in [-0.4, -0.2) is 22.1 Å². The van der Waals surface area contributed by atoms with E-state index < -0.39 is 0 Å². The van der Waals surface area contributed by atoms with Crippen LogP contribution in [0.5, 0.6) is 0 Å². The lowest BCUT2D eigenvalue weighted by Crippen LogP contribution is -2.29. The van der Waals surface area contributed by atoms with Gasteiger partial charge >= 0.3 is 5.97 Å². The first-order chi connectivity index (χ1) is 13.1. The van der Waals surface area contributed by atoms with E-state index in [9.17, 15) is 4.79 Å². The van der Waals surface area contributed by atoms with Crippen LogP contribution >= 0.6 is 15.9 Å². The maximum atomic E-state index is 12.9. The quantitative estimate of drug-likeness (QED) is 0.482. The van der Waals surface area contributed by atoms with E-state index in [1.165, 1.54) is 0 Å². The van der Waals surface area contributed by atoms with E-state index >= 15 is 0 Å². The van der Waals surface area contributed by atoms with Crippen LogP contribution in [0.3, 0.4) is 0 Å². The first-order valence-electron chi connectivity index (χ1n) is 8.58. The Kier molecular flexibility index (Phi) is 4.58. The maximum absolute atomic E-state index is 12.9. The lowest BCUT2D eigenvalue weighted by atomic mass is 9.95. The maximum Gasteiger partial charge on any atom is 0.338 e. The van der Waals surface area contributed by atoms with Crippen LogP contribution in [0.2, 0.25) is 0 Å². The topological polar surface area (TPSA) is 56.1 Å². The van der Waals surface area contributed by atoms with Crippen LogP contribution in [0.1, 0.15) is 18.5 Å². The Morgan fingerprint density at radius 2 is 2.04 bits per heavy atom. The molecule has 2 aromatic carbocycles. The molecule has 0 radical (unpaired) electrons. The van der Waals surface area contributed by atoms with Gasteiger partial charge in [0, 0.05) is 10.2 Å². The number of ether oxygens (including phenoxy) is 1. The Labute approximate surface area is 165 Å². The molecule has 0 saturated carbocycles. The standard InChI is InChI=1S/C21H18BrN3O2/c1-3-12-27-20(26)18-13(2)23-21-24-16-6-4-5-7-17(16)25(21)19(18)14-8-10-15(22)11-9-14/h3-11,19H,1,12H2,2H3,(H,23,24). The van der Waals surface area contributed by atoms with Gasteiger partial charge in [-0.05, 0) is 36.8 Å². The van der Waals surface area contributed by atoms with Crippen LogP contribution in [0, 0.1) is 0 Å². The van der Waals surface area contributed by atoms with Crippen molar-refractivity contribution in [2.24, 2.45) is 0 Å². The number of carbonyl (C=O) groups is 1. The lowest BCUT2D eigenvalue weighted by molar-refractivity contribution is -0.138. The average Bonchev–Trinajstić information content (AvgIpc) is 3.03. The second-order valence-electron chi connectivity index (χ2n) is 6.30. The van der Waals surface area contributed by atoms with Crippen molar-refractivity contribution in [1.82, 2.24) is 9.55 Å². The third-order valence-electron chi connectivity index (χ3n) is 4.57. The average molecular weight is 424 g/mol. The van der Waals surface area contributed by atoms with Gasteiger partial charge < -0.3 is 10.1 Å². The van der Waals surface area contributed by atoms with E-state index in [4.69, 9.17) is 9.72 Å². The number of nitrogens with one attached hydrogen (secondary N) is 1. The highest BCUT2D eigenvalue weighted by molar-refractivity contribution is 9.10. The summed E-state index contributed by atoms with van der Waals surface area (Å²) in [6.45, 7) is 5.66. The molecule has 1 N–H and O–H groups in total. The van der Waals surface area contributed by atoms with Crippen molar-refractivity contribution in [3.8, 4) is 0 Å². The Hall–Kier alpha value is -2.86. The van der Waals surface area contributed by atoms with Crippen LogP contribution in [0.4, 0.5) is 5.95 Å². The van der Waals surface area contributed by atoms with Crippen molar-refractivity contribution < 1.29 is 9.53 Å². The highest BCUT2D eigenvalue weighted by atomic mass is 79.9. The third kappa shape index (κ3) is 3.06. The molecular weight excluding hydrogens is 406 g/mol. The molecule has 1 aliphatic rings. The number of esters is 1. The summed E-state index contributed by atoms with van der Waals surface area (Å²) in [4.78, 5) is 17.6. The van der Waals surface area contributed by atoms with Gasteiger partial charge in [-0.2, -0.15) is 0 Å². The van der Waals surface area contributed by atoms with Crippen molar-refractivity contribution >= 4 is 38.9 Å². The third-order valence-corrected chi connectivity index (χ3v) is 5.10. The summed E-state index contributed by atoms with van der Waals surface area (Å²) in [6, 6.07) is 15.5. The summed E-state index contributed by atoms with van der Waals surface area (Å²) >= 11 is 3.48. The van der Waals surface area contributed by atoms with E-state index in [1.807, 2.05) is 55.5 Å². The van der Waals surface area contributed by atoms with Crippen LogP contribution in [0.25, 0.3) is 11.0 Å². The van der Waals surface area contributed by atoms with E-state index in [0.29, 0.717) is 11.5 Å². The van der Waals surface area contributed by atoms with E-state index in [2.05, 4.69) is 32.4 Å². The number of anilines is 1. The first-order valence-corrected chi connectivity index (χ1v) is 9.37. The first kappa shape index (κ1) is 17.5. The number of halogens is 1. The summed E-state index contributed by atoms with van der Waals surface area (Å²) in [6.07, 6.45) is 1.57. The highest BCUT2D eigenvalue weighted by Gasteiger charge is 2.34. The van der Waals surface area contributed by atoms with Crippen LogP contribution in [-0.2, 0) is 9.53 Å². The van der Waals surface area contributed by atoms with Gasteiger partial charge in [0.25, 0.3) is 0 Å². The van der Waals surface area contributed by atoms with Gasteiger partial charge in [0.15, 0.2) is 0 Å². The molecule has 136 valence electrons. The number of allylic oxidation sites excluding steroid dienone is 1. The minimum atomic E-state index is -0.365. The molecular formula is C21H18BrN3O2. The molecule has 2 heterocycles. The monoisotopic (exact) mass is 423 g/mol. The molecule has 3 aromatic rings. The van der Waals surface area contributed by atoms with Gasteiger partial charge in [0.05, 0.1) is 22.6 Å². The lowest BCUT2D eigenvalue weighted by Gasteiger charge is -2.30. The largest absolute Gasteiger partial charge is 0.458 e. The number of rotatable bonds is 4. The summed E-state index contributed by atoms with van der Waals surface area (Å²) in [5.74, 6) is 0.345. The van der Waals surface area contributed by atoms with Gasteiger partial charge in [-0.25, -0.2) is 9.78 Å². The Bertz CT molecular complexity index is 1070. The fourth-order valence-corrected chi connectivity index (χ4v) is 3.67. The number of para-hydroxylation sites is 2. The molecule has 1 aliphatic heterocycles. The molecule has 1 unspecified atom stereocenters. The zero-order valence-electron chi connectivity index (χ0n) is 14.8. The van der Waals surface area contributed by atoms with Crippen molar-refractivity contribution in [3.63, 3.8) is 0 Å². The predicted octanol–water partition coefficient (Wildman–Crippen LogP) is 4.82. The van der Waals surface area contributed by atoms with E-state index in [1.54, 1.807) is 6.08 Å². The van der Waals surface area contributed by atoms with E-state index in [-0.39, 0.29) is 18.6 Å². The zero-order valence-corrected chi connectivity index (χ0v) is 16.4. The molecule has 0 saturated heterocycles. The number of aromatic nitrogens is 2. The SMILES string of the molecule is C=CCOC(=O)C1=C(C)Nc2nc3ccccc3n2C1c1ccc(Br)cc1. The molecule has 5 nitrogen and oxygen atoms in total. The molecule has 1 atom stereocenters. The Balaban J connectivity index is 1.93. The molecule has 0 spiro atoms. The van der Waals surface area contributed by atoms with Crippen molar-refractivity contribution in [2.45, 2.75) is 13.0 Å². The molecule has 27 heavy (non-hydrogen) atoms. The molecule has 0 bridgehead atoms. The van der Waals surface area contributed by atoms with Crippen LogP contribution < -0.4 is 5.32 Å². The minimum Gasteiger partial charge on any atom is -0.458 e.